The average Bonchev–Trinajstić information content (AvgIpc) is 3.12. The molecule has 2 aromatic carbocycles. The zero-order chi connectivity index (χ0) is 16.9. The van der Waals surface area contributed by atoms with Crippen LogP contribution < -0.4 is 0 Å². The van der Waals surface area contributed by atoms with Crippen molar-refractivity contribution < 1.29 is 18.3 Å². The van der Waals surface area contributed by atoms with Crippen molar-refractivity contribution in [2.24, 2.45) is 0 Å². The molecule has 1 heterocycles. The number of halogens is 2. The summed E-state index contributed by atoms with van der Waals surface area (Å²) in [6, 6.07) is 12.9. The third-order valence-electron chi connectivity index (χ3n) is 3.47. The zero-order valence-electron chi connectivity index (χ0n) is 12.7. The van der Waals surface area contributed by atoms with Crippen molar-refractivity contribution in [2.75, 3.05) is 0 Å². The molecule has 0 radical (unpaired) electrons. The van der Waals surface area contributed by atoms with Gasteiger partial charge < -0.3 is 4.74 Å². The SMILES string of the molecule is O=C(Cc1cccc(F)c1F)OCc1ccc(-n2cccn2)cc1. The number of benzene rings is 2. The highest BCUT2D eigenvalue weighted by Crippen LogP contribution is 2.13. The molecule has 0 fully saturated rings. The number of carbonyl (C=O) groups is 1. The van der Waals surface area contributed by atoms with Crippen LogP contribution in [0.2, 0.25) is 0 Å². The van der Waals surface area contributed by atoms with E-state index in [4.69, 9.17) is 4.74 Å². The van der Waals surface area contributed by atoms with Crippen molar-refractivity contribution in [3.05, 3.63) is 83.7 Å². The Morgan fingerprint density at radius 3 is 2.58 bits per heavy atom. The zero-order valence-corrected chi connectivity index (χ0v) is 12.7. The standard InChI is InChI=1S/C18H14F2N2O2/c19-16-4-1-3-14(18(16)20)11-17(23)24-12-13-5-7-15(8-6-13)22-10-2-9-21-22/h1-10H,11-12H2. The first kappa shape index (κ1) is 15.9. The summed E-state index contributed by atoms with van der Waals surface area (Å²) in [5, 5.41) is 4.12. The van der Waals surface area contributed by atoms with Crippen LogP contribution in [-0.2, 0) is 22.6 Å². The average molecular weight is 328 g/mol. The van der Waals surface area contributed by atoms with Crippen LogP contribution in [0.1, 0.15) is 11.1 Å². The second kappa shape index (κ2) is 7.04. The van der Waals surface area contributed by atoms with Gasteiger partial charge in [-0.05, 0) is 29.8 Å². The van der Waals surface area contributed by atoms with Crippen LogP contribution in [-0.4, -0.2) is 15.7 Å². The second-order valence-corrected chi connectivity index (χ2v) is 5.17. The van der Waals surface area contributed by atoms with Crippen molar-refractivity contribution in [1.29, 1.82) is 0 Å². The molecule has 3 rings (SSSR count). The number of hydrogen-bond acceptors (Lipinski definition) is 3. The minimum absolute atomic E-state index is 0.0194. The Labute approximate surface area is 137 Å². The van der Waals surface area contributed by atoms with Gasteiger partial charge in [-0.1, -0.05) is 24.3 Å². The van der Waals surface area contributed by atoms with Crippen LogP contribution in [0.3, 0.4) is 0 Å². The largest absolute Gasteiger partial charge is 0.461 e. The molecule has 0 unspecified atom stereocenters. The van der Waals surface area contributed by atoms with Gasteiger partial charge in [-0.3, -0.25) is 4.79 Å². The Morgan fingerprint density at radius 2 is 1.88 bits per heavy atom. The molecule has 4 nitrogen and oxygen atoms in total. The van der Waals surface area contributed by atoms with Gasteiger partial charge in [0.15, 0.2) is 11.6 Å². The first-order valence-corrected chi connectivity index (χ1v) is 7.31. The second-order valence-electron chi connectivity index (χ2n) is 5.17. The van der Waals surface area contributed by atoms with Gasteiger partial charge in [0.05, 0.1) is 12.1 Å². The minimum atomic E-state index is -1.02. The number of carbonyl (C=O) groups excluding carboxylic acids is 1. The topological polar surface area (TPSA) is 44.1 Å². The molecule has 0 aliphatic rings. The Morgan fingerprint density at radius 1 is 1.08 bits per heavy atom. The van der Waals surface area contributed by atoms with Crippen LogP contribution in [0.4, 0.5) is 8.78 Å². The lowest BCUT2D eigenvalue weighted by Crippen LogP contribution is -2.10. The maximum Gasteiger partial charge on any atom is 0.310 e. The fourth-order valence-corrected chi connectivity index (χ4v) is 2.22. The molecule has 0 saturated carbocycles. The highest BCUT2D eigenvalue weighted by molar-refractivity contribution is 5.72. The quantitative estimate of drug-likeness (QED) is 0.674. The van der Waals surface area contributed by atoms with Crippen LogP contribution in [0.15, 0.2) is 60.9 Å². The lowest BCUT2D eigenvalue weighted by molar-refractivity contribution is -0.144. The molecule has 6 heteroatoms. The van der Waals surface area contributed by atoms with E-state index in [9.17, 15) is 13.6 Å². The molecule has 0 aliphatic heterocycles. The van der Waals surface area contributed by atoms with Gasteiger partial charge in [0, 0.05) is 18.0 Å². The van der Waals surface area contributed by atoms with Gasteiger partial charge in [-0.25, -0.2) is 13.5 Å². The number of aromatic nitrogens is 2. The number of nitrogens with zero attached hydrogens (tertiary/aromatic N) is 2. The first-order valence-electron chi connectivity index (χ1n) is 7.31. The van der Waals surface area contributed by atoms with Gasteiger partial charge in [-0.2, -0.15) is 5.10 Å². The van der Waals surface area contributed by atoms with E-state index >= 15 is 0 Å². The van der Waals surface area contributed by atoms with Crippen LogP contribution in [0.5, 0.6) is 0 Å². The summed E-state index contributed by atoms with van der Waals surface area (Å²) in [6.07, 6.45) is 3.19. The normalized spacial score (nSPS) is 10.6. The van der Waals surface area contributed by atoms with Crippen LogP contribution in [0.25, 0.3) is 5.69 Å². The monoisotopic (exact) mass is 328 g/mol. The molecular weight excluding hydrogens is 314 g/mol. The summed E-state index contributed by atoms with van der Waals surface area (Å²) in [5.41, 5.74) is 1.66. The fourth-order valence-electron chi connectivity index (χ4n) is 2.22. The van der Waals surface area contributed by atoms with E-state index in [-0.39, 0.29) is 18.6 Å². The van der Waals surface area contributed by atoms with Gasteiger partial charge in [-0.15, -0.1) is 0 Å². The summed E-state index contributed by atoms with van der Waals surface area (Å²) < 4.78 is 33.4. The Hall–Kier alpha value is -3.02. The van der Waals surface area contributed by atoms with E-state index in [2.05, 4.69) is 5.10 Å². The van der Waals surface area contributed by atoms with Crippen LogP contribution >= 0.6 is 0 Å². The van der Waals surface area contributed by atoms with Crippen LogP contribution in [0, 0.1) is 11.6 Å². The molecule has 0 amide bonds. The molecule has 1 aromatic heterocycles. The number of ether oxygens (including phenoxy) is 1. The predicted molar refractivity (Wildman–Crippen MR) is 83.4 cm³/mol. The first-order chi connectivity index (χ1) is 11.6. The minimum Gasteiger partial charge on any atom is -0.461 e. The highest BCUT2D eigenvalue weighted by atomic mass is 19.2. The van der Waals surface area contributed by atoms with Gasteiger partial charge in [0.2, 0.25) is 0 Å². The van der Waals surface area contributed by atoms with Gasteiger partial charge >= 0.3 is 5.97 Å². The van der Waals surface area contributed by atoms with E-state index in [1.54, 1.807) is 10.9 Å². The fraction of sp³-hybridized carbons (Fsp3) is 0.111. The number of hydrogen-bond donors (Lipinski definition) is 0. The number of esters is 1. The molecule has 24 heavy (non-hydrogen) atoms. The Bertz CT molecular complexity index is 831. The van der Waals surface area contributed by atoms with Crippen molar-refractivity contribution in [1.82, 2.24) is 9.78 Å². The van der Waals surface area contributed by atoms with Crippen molar-refractivity contribution in [2.45, 2.75) is 13.0 Å². The maximum atomic E-state index is 13.5. The van der Waals surface area contributed by atoms with Gasteiger partial charge in [0.25, 0.3) is 0 Å². The third-order valence-corrected chi connectivity index (χ3v) is 3.47. The lowest BCUT2D eigenvalue weighted by Gasteiger charge is -2.07. The molecule has 3 aromatic rings. The smallest absolute Gasteiger partial charge is 0.310 e. The molecule has 0 aliphatic carbocycles. The molecular formula is C18H14F2N2O2. The van der Waals surface area contributed by atoms with E-state index in [1.165, 1.54) is 12.1 Å². The summed E-state index contributed by atoms with van der Waals surface area (Å²) in [6.45, 7) is 0.0646. The highest BCUT2D eigenvalue weighted by Gasteiger charge is 2.12. The summed E-state index contributed by atoms with van der Waals surface area (Å²) >= 11 is 0. The summed E-state index contributed by atoms with van der Waals surface area (Å²) in [5.74, 6) is -2.61. The van der Waals surface area contributed by atoms with Crippen molar-refractivity contribution in [3.63, 3.8) is 0 Å². The van der Waals surface area contributed by atoms with E-state index in [1.807, 2.05) is 36.5 Å². The maximum absolute atomic E-state index is 13.5. The third kappa shape index (κ3) is 3.65. The van der Waals surface area contributed by atoms with E-state index in [0.717, 1.165) is 17.3 Å². The summed E-state index contributed by atoms with van der Waals surface area (Å²) in [7, 11) is 0. The molecule has 0 saturated heterocycles. The van der Waals surface area contributed by atoms with Crippen molar-refractivity contribution in [3.8, 4) is 5.69 Å². The van der Waals surface area contributed by atoms with Crippen molar-refractivity contribution >= 4 is 5.97 Å². The Kier molecular flexibility index (Phi) is 4.65. The molecule has 0 bridgehead atoms. The molecule has 122 valence electrons. The molecule has 0 spiro atoms. The van der Waals surface area contributed by atoms with E-state index < -0.39 is 17.6 Å². The van der Waals surface area contributed by atoms with E-state index in [0.29, 0.717) is 0 Å². The Balaban J connectivity index is 1.57. The molecule has 0 atom stereocenters. The van der Waals surface area contributed by atoms with Gasteiger partial charge in [0.1, 0.15) is 6.61 Å². The lowest BCUT2D eigenvalue weighted by atomic mass is 10.1. The predicted octanol–water partition coefficient (Wildman–Crippen LogP) is 3.44. The number of rotatable bonds is 5. The summed E-state index contributed by atoms with van der Waals surface area (Å²) in [4.78, 5) is 11.8. The molecule has 0 N–H and O–H groups in total.